The van der Waals surface area contributed by atoms with Crippen molar-refractivity contribution in [1.82, 2.24) is 10.3 Å². The van der Waals surface area contributed by atoms with Gasteiger partial charge in [-0.1, -0.05) is 19.1 Å². The van der Waals surface area contributed by atoms with Crippen molar-refractivity contribution in [3.05, 3.63) is 41.6 Å². The Balaban J connectivity index is 1.99. The number of hydrogen-bond donors (Lipinski definition) is 1. The summed E-state index contributed by atoms with van der Waals surface area (Å²) >= 11 is 1.98. The van der Waals surface area contributed by atoms with E-state index in [0.29, 0.717) is 6.04 Å². The van der Waals surface area contributed by atoms with Gasteiger partial charge in [0.15, 0.2) is 0 Å². The Kier molecular flexibility index (Phi) is 5.23. The Hall–Kier alpha value is -1.06. The summed E-state index contributed by atoms with van der Waals surface area (Å²) in [5, 5.41) is 4.79. The number of nitrogens with zero attached hydrogens (tertiary/aromatic N) is 1. The highest BCUT2D eigenvalue weighted by Crippen LogP contribution is 2.15. The molecule has 2 rings (SSSR count). The molecule has 1 heterocycles. The van der Waals surface area contributed by atoms with Crippen molar-refractivity contribution in [3.8, 4) is 0 Å². The number of nitrogens with one attached hydrogen (secondary N) is 1. The largest absolute Gasteiger partial charge is 0.309 e. The molecule has 3 heteroatoms. The molecule has 0 amide bonds. The van der Waals surface area contributed by atoms with E-state index in [-0.39, 0.29) is 0 Å². The van der Waals surface area contributed by atoms with Crippen LogP contribution in [0.4, 0.5) is 0 Å². The van der Waals surface area contributed by atoms with Crippen molar-refractivity contribution in [3.63, 3.8) is 0 Å². The van der Waals surface area contributed by atoms with E-state index in [1.165, 1.54) is 22.5 Å². The molecule has 1 aromatic carbocycles. The molecule has 2 aromatic rings. The van der Waals surface area contributed by atoms with Crippen molar-refractivity contribution in [2.75, 3.05) is 11.5 Å². The zero-order valence-corrected chi connectivity index (χ0v) is 12.8. The summed E-state index contributed by atoms with van der Waals surface area (Å²) in [6.07, 6.45) is 0. The van der Waals surface area contributed by atoms with E-state index < -0.39 is 0 Å². The molecule has 0 saturated carbocycles. The van der Waals surface area contributed by atoms with Gasteiger partial charge in [-0.25, -0.2) is 0 Å². The van der Waals surface area contributed by atoms with Crippen LogP contribution in [0, 0.1) is 6.92 Å². The molecule has 1 aromatic heterocycles. The molecule has 0 fully saturated rings. The zero-order valence-electron chi connectivity index (χ0n) is 11.9. The van der Waals surface area contributed by atoms with Crippen LogP contribution in [-0.2, 0) is 6.54 Å². The van der Waals surface area contributed by atoms with Crippen molar-refractivity contribution in [1.29, 1.82) is 0 Å². The summed E-state index contributed by atoms with van der Waals surface area (Å²) in [5.41, 5.74) is 3.48. The van der Waals surface area contributed by atoms with Crippen LogP contribution in [0.25, 0.3) is 10.9 Å². The van der Waals surface area contributed by atoms with Crippen LogP contribution < -0.4 is 5.32 Å². The van der Waals surface area contributed by atoms with Gasteiger partial charge in [0, 0.05) is 29.4 Å². The van der Waals surface area contributed by atoms with Gasteiger partial charge in [-0.15, -0.1) is 0 Å². The molecule has 0 saturated heterocycles. The van der Waals surface area contributed by atoms with Crippen LogP contribution in [0.3, 0.4) is 0 Å². The number of rotatable bonds is 6. The van der Waals surface area contributed by atoms with Gasteiger partial charge < -0.3 is 5.32 Å². The van der Waals surface area contributed by atoms with Crippen LogP contribution in [0.2, 0.25) is 0 Å². The lowest BCUT2D eigenvalue weighted by molar-refractivity contribution is 0.596. The summed E-state index contributed by atoms with van der Waals surface area (Å²) < 4.78 is 0. The van der Waals surface area contributed by atoms with Gasteiger partial charge in [0.05, 0.1) is 5.52 Å². The predicted octanol–water partition coefficient (Wildman–Crippen LogP) is 3.77. The van der Waals surface area contributed by atoms with Crippen LogP contribution in [0.1, 0.15) is 25.1 Å². The van der Waals surface area contributed by atoms with Gasteiger partial charge in [0.2, 0.25) is 0 Å². The standard InChI is InChI=1S/C16H22N2S/c1-4-19-11-13(3)17-10-14-6-8-16-15(9-14)7-5-12(2)18-16/h5-9,13,17H,4,10-11H2,1-3H3. The average Bonchev–Trinajstić information content (AvgIpc) is 2.42. The number of pyridine rings is 1. The first kappa shape index (κ1) is 14.4. The maximum absolute atomic E-state index is 4.53. The Morgan fingerprint density at radius 1 is 1.26 bits per heavy atom. The molecule has 1 N–H and O–H groups in total. The van der Waals surface area contributed by atoms with E-state index >= 15 is 0 Å². The predicted molar refractivity (Wildman–Crippen MR) is 85.8 cm³/mol. The zero-order chi connectivity index (χ0) is 13.7. The van der Waals surface area contributed by atoms with E-state index in [0.717, 1.165) is 17.8 Å². The Morgan fingerprint density at radius 3 is 2.89 bits per heavy atom. The molecule has 0 bridgehead atoms. The van der Waals surface area contributed by atoms with Crippen molar-refractivity contribution >= 4 is 22.7 Å². The second kappa shape index (κ2) is 6.92. The fourth-order valence-electron chi connectivity index (χ4n) is 2.03. The highest BCUT2D eigenvalue weighted by atomic mass is 32.2. The van der Waals surface area contributed by atoms with Crippen LogP contribution in [0.15, 0.2) is 30.3 Å². The summed E-state index contributed by atoms with van der Waals surface area (Å²) in [6, 6.07) is 11.3. The van der Waals surface area contributed by atoms with Crippen molar-refractivity contribution in [2.45, 2.75) is 33.4 Å². The SMILES string of the molecule is CCSCC(C)NCc1ccc2nc(C)ccc2c1. The number of fused-ring (bicyclic) bond motifs is 1. The minimum atomic E-state index is 0.553. The van der Waals surface area contributed by atoms with E-state index in [4.69, 9.17) is 0 Å². The minimum absolute atomic E-state index is 0.553. The third-order valence-corrected chi connectivity index (χ3v) is 4.26. The fraction of sp³-hybridized carbons (Fsp3) is 0.438. The lowest BCUT2D eigenvalue weighted by Gasteiger charge is -2.13. The fourth-order valence-corrected chi connectivity index (χ4v) is 2.74. The van der Waals surface area contributed by atoms with E-state index in [1.54, 1.807) is 0 Å². The summed E-state index contributed by atoms with van der Waals surface area (Å²) in [6.45, 7) is 7.40. The first-order valence-corrected chi connectivity index (χ1v) is 8.02. The molecular formula is C16H22N2S. The van der Waals surface area contributed by atoms with E-state index in [1.807, 2.05) is 18.7 Å². The quantitative estimate of drug-likeness (QED) is 0.868. The first-order chi connectivity index (χ1) is 9.19. The molecule has 1 atom stereocenters. The van der Waals surface area contributed by atoms with Crippen LogP contribution in [-0.4, -0.2) is 22.5 Å². The van der Waals surface area contributed by atoms with Gasteiger partial charge in [-0.05, 0) is 43.4 Å². The number of thioether (sulfide) groups is 1. The van der Waals surface area contributed by atoms with Gasteiger partial charge >= 0.3 is 0 Å². The first-order valence-electron chi connectivity index (χ1n) is 6.86. The summed E-state index contributed by atoms with van der Waals surface area (Å²) in [5.74, 6) is 2.36. The molecular weight excluding hydrogens is 252 g/mol. The smallest absolute Gasteiger partial charge is 0.0705 e. The molecule has 0 spiro atoms. The Morgan fingerprint density at radius 2 is 2.11 bits per heavy atom. The highest BCUT2D eigenvalue weighted by molar-refractivity contribution is 7.99. The lowest BCUT2D eigenvalue weighted by atomic mass is 10.1. The van der Waals surface area contributed by atoms with Crippen LogP contribution >= 0.6 is 11.8 Å². The van der Waals surface area contributed by atoms with Crippen molar-refractivity contribution < 1.29 is 0 Å². The molecule has 0 aliphatic rings. The third kappa shape index (κ3) is 4.22. The molecule has 0 aliphatic heterocycles. The normalized spacial score (nSPS) is 12.8. The molecule has 0 aliphatic carbocycles. The van der Waals surface area contributed by atoms with E-state index in [2.05, 4.69) is 54.5 Å². The van der Waals surface area contributed by atoms with Gasteiger partial charge in [0.1, 0.15) is 0 Å². The third-order valence-electron chi connectivity index (χ3n) is 3.12. The number of hydrogen-bond acceptors (Lipinski definition) is 3. The van der Waals surface area contributed by atoms with Gasteiger partial charge in [0.25, 0.3) is 0 Å². The second-order valence-electron chi connectivity index (χ2n) is 4.92. The molecule has 0 radical (unpaired) electrons. The van der Waals surface area contributed by atoms with Gasteiger partial charge in [-0.2, -0.15) is 11.8 Å². The Bertz CT molecular complexity index is 539. The maximum Gasteiger partial charge on any atom is 0.0705 e. The minimum Gasteiger partial charge on any atom is -0.309 e. The van der Waals surface area contributed by atoms with Crippen LogP contribution in [0.5, 0.6) is 0 Å². The summed E-state index contributed by atoms with van der Waals surface area (Å²) in [4.78, 5) is 4.53. The molecule has 2 nitrogen and oxygen atoms in total. The lowest BCUT2D eigenvalue weighted by Crippen LogP contribution is -2.27. The topological polar surface area (TPSA) is 24.9 Å². The number of aromatic nitrogens is 1. The maximum atomic E-state index is 4.53. The van der Waals surface area contributed by atoms with Gasteiger partial charge in [-0.3, -0.25) is 4.98 Å². The molecule has 19 heavy (non-hydrogen) atoms. The second-order valence-corrected chi connectivity index (χ2v) is 6.24. The average molecular weight is 274 g/mol. The summed E-state index contributed by atoms with van der Waals surface area (Å²) in [7, 11) is 0. The number of benzene rings is 1. The molecule has 102 valence electrons. The Labute approximate surface area is 120 Å². The molecule has 1 unspecified atom stereocenters. The number of aryl methyl sites for hydroxylation is 1. The van der Waals surface area contributed by atoms with E-state index in [9.17, 15) is 0 Å². The monoisotopic (exact) mass is 274 g/mol. The highest BCUT2D eigenvalue weighted by Gasteiger charge is 2.02. The van der Waals surface area contributed by atoms with Crippen molar-refractivity contribution in [2.24, 2.45) is 0 Å².